The van der Waals surface area contributed by atoms with Crippen molar-refractivity contribution in [2.24, 2.45) is 5.92 Å². The molecule has 0 spiro atoms. The summed E-state index contributed by atoms with van der Waals surface area (Å²) in [5.74, 6) is 1.83. The fraction of sp³-hybridized carbons (Fsp3) is 0.667. The summed E-state index contributed by atoms with van der Waals surface area (Å²) >= 11 is 0. The van der Waals surface area contributed by atoms with Gasteiger partial charge in [0.1, 0.15) is 5.75 Å². The third-order valence-corrected chi connectivity index (χ3v) is 4.27. The smallest absolute Gasteiger partial charge is 0.119 e. The van der Waals surface area contributed by atoms with E-state index in [-0.39, 0.29) is 0 Å². The van der Waals surface area contributed by atoms with Gasteiger partial charge in [-0.1, -0.05) is 19.4 Å². The van der Waals surface area contributed by atoms with Gasteiger partial charge in [-0.15, -0.1) is 0 Å². The summed E-state index contributed by atoms with van der Waals surface area (Å²) in [6.07, 6.45) is 6.47. The fourth-order valence-electron chi connectivity index (χ4n) is 3.33. The van der Waals surface area contributed by atoms with Crippen LogP contribution in [0, 0.1) is 19.8 Å². The molecule has 1 fully saturated rings. The number of hydrogen-bond donors (Lipinski definition) is 1. The molecule has 1 saturated carbocycles. The maximum absolute atomic E-state index is 5.95. The van der Waals surface area contributed by atoms with E-state index in [1.807, 2.05) is 0 Å². The van der Waals surface area contributed by atoms with E-state index < -0.39 is 0 Å². The van der Waals surface area contributed by atoms with E-state index in [2.05, 4.69) is 44.3 Å². The van der Waals surface area contributed by atoms with E-state index in [9.17, 15) is 0 Å². The minimum Gasteiger partial charge on any atom is -0.494 e. The van der Waals surface area contributed by atoms with Crippen molar-refractivity contribution in [1.82, 2.24) is 5.32 Å². The van der Waals surface area contributed by atoms with E-state index in [1.54, 1.807) is 0 Å². The predicted octanol–water partition coefficient (Wildman–Crippen LogP) is 4.24. The van der Waals surface area contributed by atoms with Crippen LogP contribution in [0.3, 0.4) is 0 Å². The van der Waals surface area contributed by atoms with Crippen LogP contribution in [0.25, 0.3) is 0 Å². The quantitative estimate of drug-likeness (QED) is 0.803. The average Bonchev–Trinajstić information content (AvgIpc) is 2.83. The van der Waals surface area contributed by atoms with Crippen molar-refractivity contribution < 1.29 is 4.74 Å². The van der Waals surface area contributed by atoms with Gasteiger partial charge in [0.2, 0.25) is 0 Å². The van der Waals surface area contributed by atoms with Gasteiger partial charge in [-0.3, -0.25) is 0 Å². The lowest BCUT2D eigenvalue weighted by Crippen LogP contribution is -2.33. The Bertz CT molecular complexity index is 396. The van der Waals surface area contributed by atoms with Gasteiger partial charge in [-0.2, -0.15) is 0 Å². The van der Waals surface area contributed by atoms with Crippen LogP contribution < -0.4 is 10.1 Å². The molecule has 2 unspecified atom stereocenters. The largest absolute Gasteiger partial charge is 0.494 e. The molecule has 1 aromatic rings. The Hall–Kier alpha value is -1.02. The Morgan fingerprint density at radius 1 is 1.15 bits per heavy atom. The normalized spacial score (nSPS) is 22.1. The number of aryl methyl sites for hydroxylation is 2. The molecule has 2 rings (SSSR count). The fourth-order valence-corrected chi connectivity index (χ4v) is 3.33. The molecule has 0 saturated heterocycles. The van der Waals surface area contributed by atoms with Crippen LogP contribution in [0.1, 0.15) is 50.2 Å². The lowest BCUT2D eigenvalue weighted by Gasteiger charge is -2.21. The van der Waals surface area contributed by atoms with E-state index in [4.69, 9.17) is 4.74 Å². The highest BCUT2D eigenvalue weighted by Gasteiger charge is 2.26. The zero-order valence-electron chi connectivity index (χ0n) is 13.2. The molecule has 0 aromatic heterocycles. The van der Waals surface area contributed by atoms with Crippen molar-refractivity contribution in [3.63, 3.8) is 0 Å². The van der Waals surface area contributed by atoms with E-state index in [0.29, 0.717) is 0 Å². The highest BCUT2D eigenvalue weighted by Crippen LogP contribution is 2.28. The van der Waals surface area contributed by atoms with Crippen LogP contribution in [0.15, 0.2) is 18.2 Å². The lowest BCUT2D eigenvalue weighted by atomic mass is 10.00. The number of benzene rings is 1. The van der Waals surface area contributed by atoms with Gasteiger partial charge in [0.15, 0.2) is 0 Å². The summed E-state index contributed by atoms with van der Waals surface area (Å²) in [5, 5.41) is 3.69. The highest BCUT2D eigenvalue weighted by atomic mass is 16.5. The zero-order valence-corrected chi connectivity index (χ0v) is 13.2. The summed E-state index contributed by atoms with van der Waals surface area (Å²) in [5.41, 5.74) is 2.56. The molecule has 0 aliphatic heterocycles. The number of rotatable bonds is 7. The molecule has 2 nitrogen and oxygen atoms in total. The zero-order chi connectivity index (χ0) is 14.4. The van der Waals surface area contributed by atoms with E-state index in [0.717, 1.165) is 30.9 Å². The predicted molar refractivity (Wildman–Crippen MR) is 85.5 cm³/mol. The van der Waals surface area contributed by atoms with Gasteiger partial charge in [0.25, 0.3) is 0 Å². The maximum atomic E-state index is 5.95. The minimum atomic E-state index is 0.720. The molecule has 0 heterocycles. The topological polar surface area (TPSA) is 21.3 Å². The Morgan fingerprint density at radius 2 is 1.90 bits per heavy atom. The molecule has 1 aromatic carbocycles. The summed E-state index contributed by atoms with van der Waals surface area (Å²) in [4.78, 5) is 0. The second-order valence-electron chi connectivity index (χ2n) is 6.21. The number of nitrogens with one attached hydrogen (secondary N) is 1. The van der Waals surface area contributed by atoms with Crippen molar-refractivity contribution in [3.8, 4) is 5.75 Å². The number of ether oxygens (including phenoxy) is 1. The molecule has 1 N–H and O–H groups in total. The van der Waals surface area contributed by atoms with Gasteiger partial charge in [-0.05, 0) is 75.3 Å². The Kier molecular flexibility index (Phi) is 5.90. The van der Waals surface area contributed by atoms with Gasteiger partial charge in [0, 0.05) is 6.04 Å². The molecular formula is C18H29NO. The lowest BCUT2D eigenvalue weighted by molar-refractivity contribution is 0.260. The van der Waals surface area contributed by atoms with Crippen LogP contribution in [0.2, 0.25) is 0 Å². The molecule has 0 radical (unpaired) electrons. The van der Waals surface area contributed by atoms with Crippen molar-refractivity contribution in [2.75, 3.05) is 13.2 Å². The van der Waals surface area contributed by atoms with Crippen LogP contribution in [-0.2, 0) is 0 Å². The molecular weight excluding hydrogens is 246 g/mol. The number of hydrogen-bond acceptors (Lipinski definition) is 2. The third-order valence-electron chi connectivity index (χ3n) is 4.27. The molecule has 1 aliphatic carbocycles. The van der Waals surface area contributed by atoms with Gasteiger partial charge in [0.05, 0.1) is 6.61 Å². The monoisotopic (exact) mass is 275 g/mol. The summed E-state index contributed by atoms with van der Waals surface area (Å²) in [7, 11) is 0. The van der Waals surface area contributed by atoms with Crippen molar-refractivity contribution >= 4 is 0 Å². The Morgan fingerprint density at radius 3 is 2.60 bits per heavy atom. The molecule has 0 bridgehead atoms. The van der Waals surface area contributed by atoms with Crippen LogP contribution in [0.4, 0.5) is 0 Å². The maximum Gasteiger partial charge on any atom is 0.119 e. The summed E-state index contributed by atoms with van der Waals surface area (Å²) in [6.45, 7) is 8.49. The van der Waals surface area contributed by atoms with E-state index >= 15 is 0 Å². The van der Waals surface area contributed by atoms with Crippen molar-refractivity contribution in [3.05, 3.63) is 29.3 Å². The van der Waals surface area contributed by atoms with Gasteiger partial charge < -0.3 is 10.1 Å². The van der Waals surface area contributed by atoms with Crippen LogP contribution in [0.5, 0.6) is 5.75 Å². The first-order valence-corrected chi connectivity index (χ1v) is 8.13. The van der Waals surface area contributed by atoms with Crippen LogP contribution >= 0.6 is 0 Å². The third kappa shape index (κ3) is 4.52. The molecule has 112 valence electrons. The first-order valence-electron chi connectivity index (χ1n) is 8.13. The highest BCUT2D eigenvalue weighted by molar-refractivity contribution is 5.32. The molecule has 20 heavy (non-hydrogen) atoms. The summed E-state index contributed by atoms with van der Waals surface area (Å²) in [6, 6.07) is 7.18. The Balaban J connectivity index is 1.77. The molecule has 0 amide bonds. The first kappa shape index (κ1) is 15.4. The molecule has 1 aliphatic rings. The Labute approximate surface area is 123 Å². The van der Waals surface area contributed by atoms with Crippen molar-refractivity contribution in [1.29, 1.82) is 0 Å². The average molecular weight is 275 g/mol. The first-order chi connectivity index (χ1) is 9.69. The van der Waals surface area contributed by atoms with Crippen molar-refractivity contribution in [2.45, 2.75) is 58.9 Å². The second kappa shape index (κ2) is 7.68. The van der Waals surface area contributed by atoms with Gasteiger partial charge >= 0.3 is 0 Å². The van der Waals surface area contributed by atoms with E-state index in [1.165, 1.54) is 43.2 Å². The second-order valence-corrected chi connectivity index (χ2v) is 6.21. The molecule has 2 heteroatoms. The SMILES string of the molecule is CCCNC1CCCC1CCOc1cc(C)cc(C)c1. The molecule has 2 atom stereocenters. The standard InChI is InChI=1S/C18H29NO/c1-4-9-19-18-7-5-6-16(18)8-10-20-17-12-14(2)11-15(3)13-17/h11-13,16,18-19H,4-10H2,1-3H3. The minimum absolute atomic E-state index is 0.720. The van der Waals surface area contributed by atoms with Crippen LogP contribution in [-0.4, -0.2) is 19.2 Å². The summed E-state index contributed by atoms with van der Waals surface area (Å²) < 4.78 is 5.95. The van der Waals surface area contributed by atoms with Gasteiger partial charge in [-0.25, -0.2) is 0 Å².